The Bertz CT molecular complexity index is 778. The van der Waals surface area contributed by atoms with Crippen LogP contribution in [0.1, 0.15) is 17.7 Å². The van der Waals surface area contributed by atoms with Crippen molar-refractivity contribution < 1.29 is 0 Å². The highest BCUT2D eigenvalue weighted by atomic mass is 14.9. The lowest BCUT2D eigenvalue weighted by Gasteiger charge is -2.15. The zero-order valence-electron chi connectivity index (χ0n) is 12.0. The third kappa shape index (κ3) is 2.22. The van der Waals surface area contributed by atoms with Crippen molar-refractivity contribution in [3.63, 3.8) is 0 Å². The first-order valence-corrected chi connectivity index (χ1v) is 7.60. The zero-order valence-corrected chi connectivity index (χ0v) is 12.0. The topological polar surface area (TPSA) is 24.9 Å². The molecule has 2 heteroatoms. The highest BCUT2D eigenvalue weighted by Gasteiger charge is 2.17. The molecule has 2 aromatic carbocycles. The molecule has 0 radical (unpaired) electrons. The van der Waals surface area contributed by atoms with E-state index in [1.165, 1.54) is 27.8 Å². The standard InChI is InChI=1S/C19H18N2/c1-2-7-14(8-3-1)19-15-9-4-5-10-17(15)21-18-11-6-12-20-13-16(18)19/h1-5,7-10,20H,6,11-13H2. The average Bonchev–Trinajstić information content (AvgIpc) is 2.78. The summed E-state index contributed by atoms with van der Waals surface area (Å²) in [7, 11) is 0. The van der Waals surface area contributed by atoms with Crippen LogP contribution in [0.3, 0.4) is 0 Å². The summed E-state index contributed by atoms with van der Waals surface area (Å²) in [6, 6.07) is 19.2. The van der Waals surface area contributed by atoms with Crippen molar-refractivity contribution in [3.8, 4) is 11.1 Å². The molecule has 0 fully saturated rings. The quantitative estimate of drug-likeness (QED) is 0.727. The lowest BCUT2D eigenvalue weighted by molar-refractivity contribution is 0.680. The van der Waals surface area contributed by atoms with Gasteiger partial charge in [0.2, 0.25) is 0 Å². The van der Waals surface area contributed by atoms with Crippen LogP contribution in [-0.2, 0) is 13.0 Å². The van der Waals surface area contributed by atoms with E-state index >= 15 is 0 Å². The summed E-state index contributed by atoms with van der Waals surface area (Å²) in [5, 5.41) is 4.79. The van der Waals surface area contributed by atoms with Gasteiger partial charge in [-0.15, -0.1) is 0 Å². The molecule has 1 aliphatic heterocycles. The molecule has 0 aliphatic carbocycles. The van der Waals surface area contributed by atoms with Crippen molar-refractivity contribution in [2.24, 2.45) is 0 Å². The maximum atomic E-state index is 4.92. The molecule has 0 saturated heterocycles. The van der Waals surface area contributed by atoms with Crippen LogP contribution in [-0.4, -0.2) is 11.5 Å². The van der Waals surface area contributed by atoms with Gasteiger partial charge in [-0.1, -0.05) is 48.5 Å². The van der Waals surface area contributed by atoms with E-state index in [1.807, 2.05) is 0 Å². The molecule has 21 heavy (non-hydrogen) atoms. The van der Waals surface area contributed by atoms with Crippen LogP contribution in [0.2, 0.25) is 0 Å². The zero-order chi connectivity index (χ0) is 14.1. The lowest BCUT2D eigenvalue weighted by Crippen LogP contribution is -2.13. The van der Waals surface area contributed by atoms with Gasteiger partial charge in [0.15, 0.2) is 0 Å². The fraction of sp³-hybridized carbons (Fsp3) is 0.211. The minimum absolute atomic E-state index is 0.914. The van der Waals surface area contributed by atoms with Gasteiger partial charge in [0.1, 0.15) is 0 Å². The molecular formula is C19H18N2. The predicted octanol–water partition coefficient (Wildman–Crippen LogP) is 3.94. The minimum atomic E-state index is 0.914. The summed E-state index contributed by atoms with van der Waals surface area (Å²) in [6.45, 7) is 1.98. The molecule has 2 heterocycles. The maximum Gasteiger partial charge on any atom is 0.0711 e. The van der Waals surface area contributed by atoms with Crippen molar-refractivity contribution in [2.75, 3.05) is 6.54 Å². The smallest absolute Gasteiger partial charge is 0.0711 e. The first-order chi connectivity index (χ1) is 10.4. The maximum absolute atomic E-state index is 4.92. The van der Waals surface area contributed by atoms with Gasteiger partial charge in [-0.25, -0.2) is 0 Å². The third-order valence-electron chi connectivity index (χ3n) is 4.21. The lowest BCUT2D eigenvalue weighted by atomic mass is 9.93. The Morgan fingerprint density at radius 2 is 1.71 bits per heavy atom. The summed E-state index contributed by atoms with van der Waals surface area (Å²) in [4.78, 5) is 4.92. The van der Waals surface area contributed by atoms with Gasteiger partial charge in [-0.3, -0.25) is 4.98 Å². The Morgan fingerprint density at radius 1 is 0.905 bits per heavy atom. The van der Waals surface area contributed by atoms with Crippen LogP contribution in [0.5, 0.6) is 0 Å². The van der Waals surface area contributed by atoms with Crippen molar-refractivity contribution in [1.82, 2.24) is 10.3 Å². The molecule has 1 N–H and O–H groups in total. The van der Waals surface area contributed by atoms with Crippen LogP contribution >= 0.6 is 0 Å². The van der Waals surface area contributed by atoms with E-state index in [-0.39, 0.29) is 0 Å². The number of nitrogens with one attached hydrogen (secondary N) is 1. The summed E-state index contributed by atoms with van der Waals surface area (Å²) >= 11 is 0. The molecule has 0 amide bonds. The van der Waals surface area contributed by atoms with Gasteiger partial charge < -0.3 is 5.32 Å². The number of hydrogen-bond acceptors (Lipinski definition) is 2. The number of rotatable bonds is 1. The fourth-order valence-corrected chi connectivity index (χ4v) is 3.23. The number of fused-ring (bicyclic) bond motifs is 2. The Hall–Kier alpha value is -2.19. The second-order valence-electron chi connectivity index (χ2n) is 5.58. The van der Waals surface area contributed by atoms with Crippen molar-refractivity contribution in [1.29, 1.82) is 0 Å². The molecule has 0 spiro atoms. The molecule has 2 nitrogen and oxygen atoms in total. The Morgan fingerprint density at radius 3 is 2.62 bits per heavy atom. The highest BCUT2D eigenvalue weighted by Crippen LogP contribution is 2.34. The minimum Gasteiger partial charge on any atom is -0.313 e. The second kappa shape index (κ2) is 5.30. The Labute approximate surface area is 124 Å². The van der Waals surface area contributed by atoms with E-state index in [9.17, 15) is 0 Å². The van der Waals surface area contributed by atoms with Crippen molar-refractivity contribution in [2.45, 2.75) is 19.4 Å². The molecule has 3 aromatic rings. The monoisotopic (exact) mass is 274 g/mol. The van der Waals surface area contributed by atoms with Crippen LogP contribution in [0.25, 0.3) is 22.0 Å². The average molecular weight is 274 g/mol. The van der Waals surface area contributed by atoms with Gasteiger partial charge in [-0.05, 0) is 42.1 Å². The fourth-order valence-electron chi connectivity index (χ4n) is 3.23. The largest absolute Gasteiger partial charge is 0.313 e. The Kier molecular flexibility index (Phi) is 3.17. The second-order valence-corrected chi connectivity index (χ2v) is 5.58. The SMILES string of the molecule is c1ccc(-c2c3c(nc4ccccc24)CCCNC3)cc1. The van der Waals surface area contributed by atoms with E-state index in [1.54, 1.807) is 0 Å². The molecule has 0 atom stereocenters. The molecule has 1 aliphatic rings. The van der Waals surface area contributed by atoms with Crippen LogP contribution < -0.4 is 5.32 Å². The highest BCUT2D eigenvalue weighted by molar-refractivity contribution is 5.96. The molecule has 4 rings (SSSR count). The number of pyridine rings is 1. The van der Waals surface area contributed by atoms with Gasteiger partial charge in [0, 0.05) is 17.6 Å². The van der Waals surface area contributed by atoms with Gasteiger partial charge in [0.25, 0.3) is 0 Å². The number of aryl methyl sites for hydroxylation is 1. The van der Waals surface area contributed by atoms with Crippen LogP contribution in [0.15, 0.2) is 54.6 Å². The van der Waals surface area contributed by atoms with E-state index < -0.39 is 0 Å². The number of nitrogens with zero attached hydrogens (tertiary/aromatic N) is 1. The summed E-state index contributed by atoms with van der Waals surface area (Å²) in [6.07, 6.45) is 2.22. The summed E-state index contributed by atoms with van der Waals surface area (Å²) in [5.74, 6) is 0. The summed E-state index contributed by atoms with van der Waals surface area (Å²) < 4.78 is 0. The van der Waals surface area contributed by atoms with E-state index in [0.29, 0.717) is 0 Å². The normalized spacial score (nSPS) is 14.7. The number of hydrogen-bond donors (Lipinski definition) is 1. The van der Waals surface area contributed by atoms with Crippen LogP contribution in [0, 0.1) is 0 Å². The molecule has 0 unspecified atom stereocenters. The van der Waals surface area contributed by atoms with Gasteiger partial charge in [-0.2, -0.15) is 0 Å². The third-order valence-corrected chi connectivity index (χ3v) is 4.21. The first kappa shape index (κ1) is 12.5. The molecule has 1 aromatic heterocycles. The van der Waals surface area contributed by atoms with Crippen molar-refractivity contribution in [3.05, 3.63) is 65.9 Å². The van der Waals surface area contributed by atoms with Crippen LogP contribution in [0.4, 0.5) is 0 Å². The number of benzene rings is 2. The van der Waals surface area contributed by atoms with E-state index in [0.717, 1.165) is 31.4 Å². The van der Waals surface area contributed by atoms with Gasteiger partial charge in [0.05, 0.1) is 5.52 Å². The Balaban J connectivity index is 2.08. The molecule has 0 bridgehead atoms. The van der Waals surface area contributed by atoms with E-state index in [2.05, 4.69) is 59.9 Å². The predicted molar refractivity (Wildman–Crippen MR) is 87.2 cm³/mol. The first-order valence-electron chi connectivity index (χ1n) is 7.60. The van der Waals surface area contributed by atoms with Gasteiger partial charge >= 0.3 is 0 Å². The van der Waals surface area contributed by atoms with E-state index in [4.69, 9.17) is 4.98 Å². The van der Waals surface area contributed by atoms with Crippen molar-refractivity contribution >= 4 is 10.9 Å². The molecule has 104 valence electrons. The molecule has 0 saturated carbocycles. The number of para-hydroxylation sites is 1. The summed E-state index contributed by atoms with van der Waals surface area (Å²) in [5.41, 5.74) is 6.38. The molecular weight excluding hydrogens is 256 g/mol. The number of aromatic nitrogens is 1.